The lowest BCUT2D eigenvalue weighted by molar-refractivity contribution is -0.115. The van der Waals surface area contributed by atoms with Crippen molar-refractivity contribution in [3.05, 3.63) is 66.7 Å². The van der Waals surface area contributed by atoms with E-state index in [1.54, 1.807) is 42.7 Å². The Morgan fingerprint density at radius 2 is 1.79 bits per heavy atom. The molecule has 0 saturated carbocycles. The molecule has 8 heteroatoms. The number of carbonyl (C=O) groups excluding carboxylic acids is 2. The van der Waals surface area contributed by atoms with Crippen LogP contribution < -0.4 is 10.6 Å². The Morgan fingerprint density at radius 3 is 2.46 bits per heavy atom. The Hall–Kier alpha value is -3.55. The van der Waals surface area contributed by atoms with Gasteiger partial charge in [-0.05, 0) is 18.2 Å². The Balaban J connectivity index is 1.52. The maximum absolute atomic E-state index is 11.9. The zero-order valence-corrected chi connectivity index (χ0v) is 12.6. The Bertz CT molecular complexity index is 816. The first-order valence-corrected chi connectivity index (χ1v) is 7.17. The molecule has 2 N–H and O–H groups in total. The second-order valence-corrected chi connectivity index (χ2v) is 4.82. The summed E-state index contributed by atoms with van der Waals surface area (Å²) < 4.78 is 1.51. The molecule has 120 valence electrons. The van der Waals surface area contributed by atoms with E-state index < -0.39 is 0 Å². The van der Waals surface area contributed by atoms with E-state index in [9.17, 15) is 9.59 Å². The second-order valence-electron chi connectivity index (χ2n) is 4.82. The minimum Gasteiger partial charge on any atom is -0.343 e. The van der Waals surface area contributed by atoms with Crippen molar-refractivity contribution in [2.45, 2.75) is 0 Å². The number of rotatable bonds is 5. The molecule has 3 aromatic rings. The molecule has 0 atom stereocenters. The van der Waals surface area contributed by atoms with Crippen LogP contribution in [0.25, 0.3) is 5.95 Å². The van der Waals surface area contributed by atoms with Crippen LogP contribution in [0.15, 0.2) is 61.2 Å². The molecule has 2 aromatic heterocycles. The second kappa shape index (κ2) is 7.14. The summed E-state index contributed by atoms with van der Waals surface area (Å²) in [5.74, 6) is -0.277. The fourth-order valence-corrected chi connectivity index (χ4v) is 1.95. The van der Waals surface area contributed by atoms with Crippen LogP contribution in [0.1, 0.15) is 10.4 Å². The molecule has 0 aliphatic carbocycles. The quantitative estimate of drug-likeness (QED) is 0.730. The van der Waals surface area contributed by atoms with Gasteiger partial charge < -0.3 is 10.6 Å². The van der Waals surface area contributed by atoms with Gasteiger partial charge in [0.1, 0.15) is 0 Å². The van der Waals surface area contributed by atoms with Gasteiger partial charge in [-0.3, -0.25) is 9.59 Å². The average Bonchev–Trinajstić information content (AvgIpc) is 3.16. The molecular formula is C16H14N6O2. The van der Waals surface area contributed by atoms with E-state index >= 15 is 0 Å². The summed E-state index contributed by atoms with van der Waals surface area (Å²) in [6.45, 7) is -0.144. The molecule has 0 fully saturated rings. The monoisotopic (exact) mass is 322 g/mol. The number of hydrogen-bond donors (Lipinski definition) is 2. The SMILES string of the molecule is O=C(CNC(=O)c1ccccc1)Nc1cnc(-n2cccn2)nc1. The third-order valence-corrected chi connectivity index (χ3v) is 3.08. The molecule has 0 aliphatic heterocycles. The van der Waals surface area contributed by atoms with Crippen LogP contribution in [0.4, 0.5) is 5.69 Å². The third kappa shape index (κ3) is 3.80. The van der Waals surface area contributed by atoms with Crippen LogP contribution in [-0.4, -0.2) is 38.1 Å². The summed E-state index contributed by atoms with van der Waals surface area (Å²) in [5.41, 5.74) is 0.932. The molecule has 0 bridgehead atoms. The average molecular weight is 322 g/mol. The number of nitrogens with zero attached hydrogens (tertiary/aromatic N) is 4. The summed E-state index contributed by atoms with van der Waals surface area (Å²) in [7, 11) is 0. The van der Waals surface area contributed by atoms with E-state index in [1.165, 1.54) is 17.1 Å². The van der Waals surface area contributed by atoms with Gasteiger partial charge >= 0.3 is 0 Å². The zero-order chi connectivity index (χ0) is 16.8. The van der Waals surface area contributed by atoms with Crippen molar-refractivity contribution >= 4 is 17.5 Å². The summed E-state index contributed by atoms with van der Waals surface area (Å²) in [6.07, 6.45) is 6.28. The van der Waals surface area contributed by atoms with Crippen molar-refractivity contribution in [3.8, 4) is 5.95 Å². The molecule has 0 radical (unpaired) electrons. The van der Waals surface area contributed by atoms with E-state index in [2.05, 4.69) is 25.7 Å². The molecular weight excluding hydrogens is 308 g/mol. The lowest BCUT2D eigenvalue weighted by Crippen LogP contribution is -2.32. The summed E-state index contributed by atoms with van der Waals surface area (Å²) in [5, 5.41) is 9.17. The van der Waals surface area contributed by atoms with Crippen molar-refractivity contribution in [2.24, 2.45) is 0 Å². The Morgan fingerprint density at radius 1 is 1.04 bits per heavy atom. The van der Waals surface area contributed by atoms with E-state index in [0.29, 0.717) is 17.2 Å². The van der Waals surface area contributed by atoms with Gasteiger partial charge in [0.25, 0.3) is 11.9 Å². The minimum absolute atomic E-state index is 0.144. The number of amides is 2. The molecule has 2 amide bonds. The molecule has 0 saturated heterocycles. The molecule has 24 heavy (non-hydrogen) atoms. The van der Waals surface area contributed by atoms with Gasteiger partial charge in [0.2, 0.25) is 5.91 Å². The molecule has 0 spiro atoms. The van der Waals surface area contributed by atoms with Crippen LogP contribution in [0.2, 0.25) is 0 Å². The molecule has 8 nitrogen and oxygen atoms in total. The smallest absolute Gasteiger partial charge is 0.251 e. The fraction of sp³-hybridized carbons (Fsp3) is 0.0625. The van der Waals surface area contributed by atoms with Crippen molar-refractivity contribution < 1.29 is 9.59 Å². The summed E-state index contributed by atoms with van der Waals surface area (Å²) in [6, 6.07) is 10.4. The first kappa shape index (κ1) is 15.3. The van der Waals surface area contributed by atoms with Crippen molar-refractivity contribution in [1.29, 1.82) is 0 Å². The van der Waals surface area contributed by atoms with Crippen LogP contribution in [-0.2, 0) is 4.79 Å². The van der Waals surface area contributed by atoms with Crippen molar-refractivity contribution in [3.63, 3.8) is 0 Å². The highest BCUT2D eigenvalue weighted by molar-refractivity contribution is 5.99. The van der Waals surface area contributed by atoms with Gasteiger partial charge in [-0.2, -0.15) is 5.10 Å². The van der Waals surface area contributed by atoms with Gasteiger partial charge in [0.05, 0.1) is 24.6 Å². The number of anilines is 1. The highest BCUT2D eigenvalue weighted by Crippen LogP contribution is 2.05. The molecule has 0 aliphatic rings. The van der Waals surface area contributed by atoms with Gasteiger partial charge in [0, 0.05) is 18.0 Å². The first-order valence-electron chi connectivity index (χ1n) is 7.17. The lowest BCUT2D eigenvalue weighted by atomic mass is 10.2. The summed E-state index contributed by atoms with van der Waals surface area (Å²) >= 11 is 0. The highest BCUT2D eigenvalue weighted by atomic mass is 16.2. The molecule has 1 aromatic carbocycles. The maximum Gasteiger partial charge on any atom is 0.251 e. The number of hydrogen-bond acceptors (Lipinski definition) is 5. The Kier molecular flexibility index (Phi) is 4.57. The normalized spacial score (nSPS) is 10.2. The number of nitrogens with one attached hydrogen (secondary N) is 2. The van der Waals surface area contributed by atoms with Crippen LogP contribution in [0, 0.1) is 0 Å². The maximum atomic E-state index is 11.9. The van der Waals surface area contributed by atoms with Gasteiger partial charge in [0.15, 0.2) is 0 Å². The van der Waals surface area contributed by atoms with E-state index in [1.807, 2.05) is 6.07 Å². The third-order valence-electron chi connectivity index (χ3n) is 3.08. The molecule has 2 heterocycles. The van der Waals surface area contributed by atoms with Gasteiger partial charge in [-0.25, -0.2) is 14.6 Å². The van der Waals surface area contributed by atoms with Crippen LogP contribution >= 0.6 is 0 Å². The number of aromatic nitrogens is 4. The molecule has 0 unspecified atom stereocenters. The predicted octanol–water partition coefficient (Wildman–Crippen LogP) is 1.03. The Labute approximate surface area is 137 Å². The molecule has 3 rings (SSSR count). The van der Waals surface area contributed by atoms with E-state index in [0.717, 1.165) is 0 Å². The first-order chi connectivity index (χ1) is 11.7. The minimum atomic E-state index is -0.366. The van der Waals surface area contributed by atoms with Crippen molar-refractivity contribution in [2.75, 3.05) is 11.9 Å². The predicted molar refractivity (Wildman–Crippen MR) is 86.6 cm³/mol. The summed E-state index contributed by atoms with van der Waals surface area (Å²) in [4.78, 5) is 31.9. The van der Waals surface area contributed by atoms with Crippen LogP contribution in [0.5, 0.6) is 0 Å². The topological polar surface area (TPSA) is 102 Å². The van der Waals surface area contributed by atoms with Gasteiger partial charge in [-0.15, -0.1) is 0 Å². The largest absolute Gasteiger partial charge is 0.343 e. The fourth-order valence-electron chi connectivity index (χ4n) is 1.95. The standard InChI is InChI=1S/C16H14N6O2/c23-14(11-17-15(24)12-5-2-1-3-6-12)21-13-9-18-16(19-10-13)22-8-4-7-20-22/h1-10H,11H2,(H,17,24)(H,21,23). The van der Waals surface area contributed by atoms with E-state index in [4.69, 9.17) is 0 Å². The van der Waals surface area contributed by atoms with Crippen molar-refractivity contribution in [1.82, 2.24) is 25.1 Å². The lowest BCUT2D eigenvalue weighted by Gasteiger charge is -2.07. The number of benzene rings is 1. The van der Waals surface area contributed by atoms with Gasteiger partial charge in [-0.1, -0.05) is 18.2 Å². The van der Waals surface area contributed by atoms with Crippen LogP contribution in [0.3, 0.4) is 0 Å². The number of carbonyl (C=O) groups is 2. The highest BCUT2D eigenvalue weighted by Gasteiger charge is 2.08. The zero-order valence-electron chi connectivity index (χ0n) is 12.6. The van der Waals surface area contributed by atoms with E-state index in [-0.39, 0.29) is 18.4 Å².